The van der Waals surface area contributed by atoms with Crippen molar-refractivity contribution in [3.63, 3.8) is 0 Å². The van der Waals surface area contributed by atoms with E-state index in [0.717, 1.165) is 31.5 Å². The zero-order chi connectivity index (χ0) is 15.6. The minimum absolute atomic E-state index is 0.0140. The van der Waals surface area contributed by atoms with Crippen LogP contribution in [0.15, 0.2) is 30.9 Å². The molecule has 7 heteroatoms. The Balaban J connectivity index is 1.48. The molecule has 1 fully saturated rings. The maximum Gasteiger partial charge on any atom is 0.222 e. The van der Waals surface area contributed by atoms with Crippen LogP contribution in [-0.2, 0) is 12.8 Å². The monoisotopic (exact) mass is 310 g/mol. The van der Waals surface area contributed by atoms with Gasteiger partial charge in [-0.15, -0.1) is 0 Å². The average Bonchev–Trinajstić information content (AvgIpc) is 3.24. The zero-order valence-electron chi connectivity index (χ0n) is 12.7. The van der Waals surface area contributed by atoms with E-state index in [4.69, 9.17) is 0 Å². The first-order valence-electron chi connectivity index (χ1n) is 7.83. The van der Waals surface area contributed by atoms with Crippen molar-refractivity contribution in [2.45, 2.75) is 25.3 Å². The number of fused-ring (bicyclic) bond motifs is 1. The molecule has 0 spiro atoms. The van der Waals surface area contributed by atoms with Crippen LogP contribution in [-0.4, -0.2) is 42.9 Å². The van der Waals surface area contributed by atoms with E-state index in [2.05, 4.69) is 31.6 Å². The number of pyridine rings is 1. The predicted molar refractivity (Wildman–Crippen MR) is 85.2 cm³/mol. The molecular formula is C16H18N6O. The number of rotatable bonds is 4. The third-order valence-corrected chi connectivity index (χ3v) is 4.23. The Kier molecular flexibility index (Phi) is 3.63. The van der Waals surface area contributed by atoms with Gasteiger partial charge < -0.3 is 10.4 Å². The lowest BCUT2D eigenvalue weighted by Crippen LogP contribution is -2.13. The summed E-state index contributed by atoms with van der Waals surface area (Å²) in [6.07, 6.45) is 9.84. The fourth-order valence-corrected chi connectivity index (χ4v) is 2.95. The first-order valence-corrected chi connectivity index (χ1v) is 7.83. The van der Waals surface area contributed by atoms with Crippen molar-refractivity contribution in [3.8, 4) is 5.88 Å². The van der Waals surface area contributed by atoms with Gasteiger partial charge in [-0.3, -0.25) is 9.67 Å². The van der Waals surface area contributed by atoms with E-state index in [0.29, 0.717) is 29.2 Å². The fraction of sp³-hybridized carbons (Fsp3) is 0.375. The van der Waals surface area contributed by atoms with Crippen LogP contribution in [0.25, 0.3) is 10.9 Å². The van der Waals surface area contributed by atoms with Gasteiger partial charge in [-0.1, -0.05) is 0 Å². The Morgan fingerprint density at radius 1 is 1.26 bits per heavy atom. The second kappa shape index (κ2) is 5.92. The van der Waals surface area contributed by atoms with Crippen LogP contribution in [0.2, 0.25) is 0 Å². The number of aromatic hydroxyl groups is 1. The molecule has 0 bridgehead atoms. The maximum atomic E-state index is 9.99. The van der Waals surface area contributed by atoms with Crippen molar-refractivity contribution in [3.05, 3.63) is 42.2 Å². The molecule has 1 atom stereocenters. The summed E-state index contributed by atoms with van der Waals surface area (Å²) in [5.74, 6) is 0.637. The summed E-state index contributed by atoms with van der Waals surface area (Å²) < 4.78 is 2.04. The molecule has 0 aliphatic carbocycles. The van der Waals surface area contributed by atoms with Crippen LogP contribution in [0.4, 0.5) is 0 Å². The zero-order valence-corrected chi connectivity index (χ0v) is 12.7. The summed E-state index contributed by atoms with van der Waals surface area (Å²) in [6.45, 7) is 2.04. The highest BCUT2D eigenvalue weighted by molar-refractivity contribution is 5.81. The normalized spacial score (nSPS) is 17.8. The molecule has 0 unspecified atom stereocenters. The van der Waals surface area contributed by atoms with Crippen molar-refractivity contribution < 1.29 is 5.11 Å². The third kappa shape index (κ3) is 2.87. The van der Waals surface area contributed by atoms with Gasteiger partial charge in [-0.25, -0.2) is 4.98 Å². The quantitative estimate of drug-likeness (QED) is 0.754. The predicted octanol–water partition coefficient (Wildman–Crippen LogP) is 1.25. The molecule has 23 heavy (non-hydrogen) atoms. The Morgan fingerprint density at radius 2 is 2.22 bits per heavy atom. The average molecular weight is 310 g/mol. The Hall–Kier alpha value is -2.54. The summed E-state index contributed by atoms with van der Waals surface area (Å²) >= 11 is 0. The number of aryl methyl sites for hydroxylation is 2. The van der Waals surface area contributed by atoms with Gasteiger partial charge in [0.05, 0.1) is 29.3 Å². The second-order valence-electron chi connectivity index (χ2n) is 5.83. The third-order valence-electron chi connectivity index (χ3n) is 4.23. The standard InChI is InChI=1S/C16H18N6O/c23-16-13-4-6-18-9-14(13)20-15(21-16)2-1-11-7-19-22(10-11)12-3-5-17-8-12/h4,6-7,9-10,12,17H,1-3,5,8H2,(H,20,21,23)/t12-/m0/s1. The molecule has 0 aromatic carbocycles. The Morgan fingerprint density at radius 3 is 3.09 bits per heavy atom. The molecular weight excluding hydrogens is 292 g/mol. The molecule has 0 amide bonds. The molecule has 1 aliphatic heterocycles. The molecule has 1 aliphatic rings. The van der Waals surface area contributed by atoms with Gasteiger partial charge in [-0.05, 0) is 31.0 Å². The minimum Gasteiger partial charge on any atom is -0.493 e. The van der Waals surface area contributed by atoms with Gasteiger partial charge in [0, 0.05) is 25.4 Å². The van der Waals surface area contributed by atoms with Crippen LogP contribution < -0.4 is 5.32 Å². The molecule has 4 heterocycles. The van der Waals surface area contributed by atoms with Gasteiger partial charge in [0.1, 0.15) is 5.82 Å². The van der Waals surface area contributed by atoms with E-state index < -0.39 is 0 Å². The van der Waals surface area contributed by atoms with E-state index in [1.807, 2.05) is 10.9 Å². The largest absolute Gasteiger partial charge is 0.493 e. The van der Waals surface area contributed by atoms with Crippen LogP contribution in [0, 0.1) is 0 Å². The van der Waals surface area contributed by atoms with Gasteiger partial charge in [0.25, 0.3) is 0 Å². The lowest BCUT2D eigenvalue weighted by Gasteiger charge is -2.07. The van der Waals surface area contributed by atoms with E-state index in [9.17, 15) is 5.11 Å². The van der Waals surface area contributed by atoms with Crippen molar-refractivity contribution in [2.75, 3.05) is 13.1 Å². The Labute approximate surface area is 133 Å². The highest BCUT2D eigenvalue weighted by Gasteiger charge is 2.17. The van der Waals surface area contributed by atoms with Crippen LogP contribution in [0.1, 0.15) is 23.9 Å². The van der Waals surface area contributed by atoms with E-state index in [1.165, 1.54) is 0 Å². The molecule has 4 rings (SSSR count). The number of aromatic nitrogens is 5. The smallest absolute Gasteiger partial charge is 0.222 e. The van der Waals surface area contributed by atoms with Crippen LogP contribution >= 0.6 is 0 Å². The van der Waals surface area contributed by atoms with Crippen LogP contribution in [0.3, 0.4) is 0 Å². The van der Waals surface area contributed by atoms with Gasteiger partial charge in [0.2, 0.25) is 5.88 Å². The number of hydrogen-bond acceptors (Lipinski definition) is 6. The summed E-state index contributed by atoms with van der Waals surface area (Å²) in [5, 5.41) is 18.4. The topological polar surface area (TPSA) is 88.8 Å². The number of nitrogens with zero attached hydrogens (tertiary/aromatic N) is 5. The van der Waals surface area contributed by atoms with Crippen molar-refractivity contribution in [2.24, 2.45) is 0 Å². The number of hydrogen-bond donors (Lipinski definition) is 2. The van der Waals surface area contributed by atoms with Crippen LogP contribution in [0.5, 0.6) is 5.88 Å². The van der Waals surface area contributed by atoms with Crippen molar-refractivity contribution in [1.29, 1.82) is 0 Å². The molecule has 1 saturated heterocycles. The van der Waals surface area contributed by atoms with Gasteiger partial charge in [0.15, 0.2) is 0 Å². The van der Waals surface area contributed by atoms with E-state index in [1.54, 1.807) is 18.5 Å². The highest BCUT2D eigenvalue weighted by atomic mass is 16.3. The molecule has 3 aromatic heterocycles. The SMILES string of the molecule is Oc1nc(CCc2cnn([C@H]3CCNC3)c2)nc2cnccc12. The summed E-state index contributed by atoms with van der Waals surface area (Å²) in [4.78, 5) is 12.7. The highest BCUT2D eigenvalue weighted by Crippen LogP contribution is 2.20. The fourth-order valence-electron chi connectivity index (χ4n) is 2.95. The summed E-state index contributed by atoms with van der Waals surface area (Å²) in [7, 11) is 0. The van der Waals surface area contributed by atoms with Crippen molar-refractivity contribution in [1.82, 2.24) is 30.0 Å². The lowest BCUT2D eigenvalue weighted by molar-refractivity contribution is 0.456. The number of nitrogens with one attached hydrogen (secondary N) is 1. The first kappa shape index (κ1) is 14.1. The van der Waals surface area contributed by atoms with E-state index in [-0.39, 0.29) is 5.88 Å². The molecule has 7 nitrogen and oxygen atoms in total. The van der Waals surface area contributed by atoms with Crippen molar-refractivity contribution >= 4 is 10.9 Å². The minimum atomic E-state index is 0.0140. The molecule has 118 valence electrons. The van der Waals surface area contributed by atoms with Gasteiger partial charge in [-0.2, -0.15) is 10.1 Å². The molecule has 0 saturated carbocycles. The summed E-state index contributed by atoms with van der Waals surface area (Å²) in [5.41, 5.74) is 1.83. The lowest BCUT2D eigenvalue weighted by atomic mass is 10.2. The Bertz CT molecular complexity index is 824. The molecule has 3 aromatic rings. The van der Waals surface area contributed by atoms with Gasteiger partial charge >= 0.3 is 0 Å². The second-order valence-corrected chi connectivity index (χ2v) is 5.83. The molecule has 2 N–H and O–H groups in total. The maximum absolute atomic E-state index is 9.99. The van der Waals surface area contributed by atoms with E-state index >= 15 is 0 Å². The summed E-state index contributed by atoms with van der Waals surface area (Å²) in [6, 6.07) is 2.17. The molecule has 0 radical (unpaired) electrons. The first-order chi connectivity index (χ1) is 11.3.